The fraction of sp³-hybridized carbons (Fsp3) is 1.00. The molecule has 0 spiro atoms. The molecule has 1 saturated heterocycles. The third-order valence-electron chi connectivity index (χ3n) is 4.01. The molecule has 2 aliphatic rings. The molecule has 2 nitrogen and oxygen atoms in total. The number of nitrogens with zero attached hydrogens (tertiary/aromatic N) is 1. The minimum absolute atomic E-state index is 0.951. The van der Waals surface area contributed by atoms with Crippen LogP contribution in [0.5, 0.6) is 0 Å². The van der Waals surface area contributed by atoms with E-state index in [1.807, 2.05) is 0 Å². The highest BCUT2D eigenvalue weighted by atomic mass is 15.1. The average molecular weight is 224 g/mol. The summed E-state index contributed by atoms with van der Waals surface area (Å²) < 4.78 is 0. The summed E-state index contributed by atoms with van der Waals surface area (Å²) in [6.07, 6.45) is 8.56. The first-order valence-corrected chi connectivity index (χ1v) is 7.31. The normalized spacial score (nSPS) is 26.2. The molecule has 1 atom stereocenters. The summed E-state index contributed by atoms with van der Waals surface area (Å²) in [6, 6.07) is 0. The van der Waals surface area contributed by atoms with Crippen molar-refractivity contribution in [2.45, 2.75) is 45.4 Å². The van der Waals surface area contributed by atoms with Gasteiger partial charge in [-0.2, -0.15) is 0 Å². The van der Waals surface area contributed by atoms with Crippen molar-refractivity contribution in [3.8, 4) is 0 Å². The van der Waals surface area contributed by atoms with Crippen LogP contribution in [0.15, 0.2) is 0 Å². The zero-order valence-corrected chi connectivity index (χ0v) is 10.9. The van der Waals surface area contributed by atoms with E-state index >= 15 is 0 Å². The van der Waals surface area contributed by atoms with Crippen LogP contribution in [0.2, 0.25) is 0 Å². The Bertz CT molecular complexity index is 183. The summed E-state index contributed by atoms with van der Waals surface area (Å²) in [5, 5.41) is 3.53. The quantitative estimate of drug-likeness (QED) is 0.715. The summed E-state index contributed by atoms with van der Waals surface area (Å²) in [5.41, 5.74) is 0. The Morgan fingerprint density at radius 3 is 2.62 bits per heavy atom. The monoisotopic (exact) mass is 224 g/mol. The van der Waals surface area contributed by atoms with E-state index in [4.69, 9.17) is 0 Å². The third-order valence-corrected chi connectivity index (χ3v) is 4.01. The highest BCUT2D eigenvalue weighted by molar-refractivity contribution is 4.78. The van der Waals surface area contributed by atoms with E-state index in [-0.39, 0.29) is 0 Å². The number of nitrogens with one attached hydrogen (secondary N) is 1. The minimum Gasteiger partial charge on any atom is -0.316 e. The van der Waals surface area contributed by atoms with E-state index in [9.17, 15) is 0 Å². The van der Waals surface area contributed by atoms with Gasteiger partial charge < -0.3 is 10.2 Å². The maximum atomic E-state index is 3.53. The lowest BCUT2D eigenvalue weighted by molar-refractivity contribution is 0.229. The molecule has 0 unspecified atom stereocenters. The SMILES string of the molecule is CCCN(CC[C@H]1CCCNC1)CC1CC1. The van der Waals surface area contributed by atoms with Gasteiger partial charge in [-0.05, 0) is 76.5 Å². The first kappa shape index (κ1) is 12.4. The maximum Gasteiger partial charge on any atom is 0.000966 e. The molecule has 2 heteroatoms. The topological polar surface area (TPSA) is 15.3 Å². The van der Waals surface area contributed by atoms with Gasteiger partial charge in [-0.25, -0.2) is 0 Å². The summed E-state index contributed by atoms with van der Waals surface area (Å²) in [5.74, 6) is 2.00. The Kier molecular flexibility index (Phi) is 5.11. The van der Waals surface area contributed by atoms with Crippen LogP contribution in [0.4, 0.5) is 0 Å². The first-order valence-electron chi connectivity index (χ1n) is 7.31. The molecular formula is C14H28N2. The van der Waals surface area contributed by atoms with Crippen LogP contribution in [0.3, 0.4) is 0 Å². The molecule has 0 amide bonds. The van der Waals surface area contributed by atoms with Gasteiger partial charge in [-0.1, -0.05) is 6.92 Å². The molecule has 1 saturated carbocycles. The van der Waals surface area contributed by atoms with Gasteiger partial charge in [-0.15, -0.1) is 0 Å². The Hall–Kier alpha value is -0.0800. The van der Waals surface area contributed by atoms with Crippen molar-refractivity contribution < 1.29 is 0 Å². The van der Waals surface area contributed by atoms with Gasteiger partial charge in [0.25, 0.3) is 0 Å². The minimum atomic E-state index is 0.951. The Morgan fingerprint density at radius 2 is 2.00 bits per heavy atom. The Balaban J connectivity index is 1.63. The van der Waals surface area contributed by atoms with Crippen molar-refractivity contribution >= 4 is 0 Å². The molecule has 0 aromatic heterocycles. The zero-order valence-electron chi connectivity index (χ0n) is 10.9. The predicted octanol–water partition coefficient (Wildman–Crippen LogP) is 2.50. The standard InChI is InChI=1S/C14H28N2/c1-2-9-16(12-14-5-6-14)10-7-13-4-3-8-15-11-13/h13-15H,2-12H2,1H3/t13-/m1/s1. The number of rotatable bonds is 7. The van der Waals surface area contributed by atoms with E-state index in [1.54, 1.807) is 0 Å². The second kappa shape index (κ2) is 6.61. The van der Waals surface area contributed by atoms with Crippen LogP contribution in [0.25, 0.3) is 0 Å². The summed E-state index contributed by atoms with van der Waals surface area (Å²) in [6.45, 7) is 8.87. The fourth-order valence-electron chi connectivity index (χ4n) is 2.81. The van der Waals surface area contributed by atoms with Gasteiger partial charge >= 0.3 is 0 Å². The highest BCUT2D eigenvalue weighted by Crippen LogP contribution is 2.30. The van der Waals surface area contributed by atoms with Crippen molar-refractivity contribution in [2.24, 2.45) is 11.8 Å². The smallest absolute Gasteiger partial charge is 0.000966 e. The van der Waals surface area contributed by atoms with Crippen molar-refractivity contribution in [2.75, 3.05) is 32.7 Å². The second-order valence-corrected chi connectivity index (χ2v) is 5.75. The van der Waals surface area contributed by atoms with Crippen molar-refractivity contribution in [3.05, 3.63) is 0 Å². The van der Waals surface area contributed by atoms with Crippen LogP contribution in [-0.2, 0) is 0 Å². The molecule has 0 aromatic carbocycles. The van der Waals surface area contributed by atoms with E-state index in [2.05, 4.69) is 17.1 Å². The van der Waals surface area contributed by atoms with Crippen LogP contribution in [0, 0.1) is 11.8 Å². The van der Waals surface area contributed by atoms with Gasteiger partial charge in [0.2, 0.25) is 0 Å². The fourth-order valence-corrected chi connectivity index (χ4v) is 2.81. The molecule has 1 aliphatic heterocycles. The lowest BCUT2D eigenvalue weighted by Gasteiger charge is -2.27. The molecule has 0 bridgehead atoms. The van der Waals surface area contributed by atoms with Gasteiger partial charge in [0, 0.05) is 6.54 Å². The molecule has 1 heterocycles. The van der Waals surface area contributed by atoms with Crippen LogP contribution in [-0.4, -0.2) is 37.6 Å². The van der Waals surface area contributed by atoms with E-state index in [0.717, 1.165) is 11.8 Å². The average Bonchev–Trinajstić information content (AvgIpc) is 3.12. The molecule has 1 aliphatic carbocycles. The third kappa shape index (κ3) is 4.42. The van der Waals surface area contributed by atoms with Crippen LogP contribution >= 0.6 is 0 Å². The van der Waals surface area contributed by atoms with E-state index in [0.29, 0.717) is 0 Å². The highest BCUT2D eigenvalue weighted by Gasteiger charge is 2.24. The summed E-state index contributed by atoms with van der Waals surface area (Å²) in [4.78, 5) is 2.71. The number of hydrogen-bond donors (Lipinski definition) is 1. The summed E-state index contributed by atoms with van der Waals surface area (Å²) in [7, 11) is 0. The van der Waals surface area contributed by atoms with Crippen molar-refractivity contribution in [1.29, 1.82) is 0 Å². The number of piperidine rings is 1. The lowest BCUT2D eigenvalue weighted by Crippen LogP contribution is -2.34. The Morgan fingerprint density at radius 1 is 1.12 bits per heavy atom. The van der Waals surface area contributed by atoms with Gasteiger partial charge in [0.15, 0.2) is 0 Å². The van der Waals surface area contributed by atoms with Crippen molar-refractivity contribution in [3.63, 3.8) is 0 Å². The Labute approximate surface area is 101 Å². The predicted molar refractivity (Wildman–Crippen MR) is 69.7 cm³/mol. The van der Waals surface area contributed by atoms with Gasteiger partial charge in [0.05, 0.1) is 0 Å². The first-order chi connectivity index (χ1) is 7.88. The molecule has 0 radical (unpaired) electrons. The zero-order chi connectivity index (χ0) is 11.2. The summed E-state index contributed by atoms with van der Waals surface area (Å²) >= 11 is 0. The molecule has 2 fully saturated rings. The lowest BCUT2D eigenvalue weighted by atomic mass is 9.96. The molecule has 94 valence electrons. The molecule has 16 heavy (non-hydrogen) atoms. The van der Waals surface area contributed by atoms with Crippen LogP contribution in [0.1, 0.15) is 45.4 Å². The molecule has 2 rings (SSSR count). The maximum absolute atomic E-state index is 3.53. The van der Waals surface area contributed by atoms with Crippen LogP contribution < -0.4 is 5.32 Å². The largest absolute Gasteiger partial charge is 0.316 e. The van der Waals surface area contributed by atoms with Gasteiger partial charge in [0.1, 0.15) is 0 Å². The van der Waals surface area contributed by atoms with E-state index in [1.165, 1.54) is 71.2 Å². The van der Waals surface area contributed by atoms with E-state index < -0.39 is 0 Å². The number of hydrogen-bond acceptors (Lipinski definition) is 2. The molecule has 0 aromatic rings. The molecular weight excluding hydrogens is 196 g/mol. The van der Waals surface area contributed by atoms with Crippen molar-refractivity contribution in [1.82, 2.24) is 10.2 Å². The second-order valence-electron chi connectivity index (χ2n) is 5.75. The van der Waals surface area contributed by atoms with Gasteiger partial charge in [-0.3, -0.25) is 0 Å². The molecule has 1 N–H and O–H groups in total.